The van der Waals surface area contributed by atoms with Crippen LogP contribution in [0.3, 0.4) is 0 Å². The standard InChI is InChI=1S/C20H19Cl2N3O4/c21-14-6-7-16(17(22)12-14)19(27)29-13-18(26)24-8-10-25(11-9-24)20(28)23-15-4-2-1-3-5-15/h1-7,12H,8-11,13H2,(H,23,28). The number of nitrogens with one attached hydrogen (secondary N) is 1. The first kappa shape index (κ1) is 21.0. The Balaban J connectivity index is 1.45. The molecule has 2 aromatic rings. The van der Waals surface area contributed by atoms with E-state index in [9.17, 15) is 14.4 Å². The number of hydrogen-bond donors (Lipinski definition) is 1. The molecule has 3 rings (SSSR count). The lowest BCUT2D eigenvalue weighted by atomic mass is 10.2. The topological polar surface area (TPSA) is 79.0 Å². The smallest absolute Gasteiger partial charge is 0.340 e. The molecule has 0 spiro atoms. The van der Waals surface area contributed by atoms with Gasteiger partial charge in [-0.3, -0.25) is 4.79 Å². The number of ether oxygens (including phenoxy) is 1. The number of hydrogen-bond acceptors (Lipinski definition) is 4. The van der Waals surface area contributed by atoms with Crippen molar-refractivity contribution in [1.82, 2.24) is 9.80 Å². The van der Waals surface area contributed by atoms with E-state index in [1.54, 1.807) is 21.9 Å². The molecule has 0 saturated carbocycles. The molecule has 3 amide bonds. The number of amides is 3. The average Bonchev–Trinajstić information content (AvgIpc) is 2.72. The lowest BCUT2D eigenvalue weighted by Gasteiger charge is -2.34. The highest BCUT2D eigenvalue weighted by Crippen LogP contribution is 2.21. The Morgan fingerprint density at radius 1 is 0.931 bits per heavy atom. The minimum absolute atomic E-state index is 0.145. The molecule has 0 aromatic heterocycles. The molecule has 0 bridgehead atoms. The fourth-order valence-corrected chi connectivity index (χ4v) is 3.32. The van der Waals surface area contributed by atoms with Crippen molar-refractivity contribution in [3.05, 3.63) is 64.1 Å². The summed E-state index contributed by atoms with van der Waals surface area (Å²) in [6.45, 7) is 1.11. The van der Waals surface area contributed by atoms with Crippen LogP contribution in [0.1, 0.15) is 10.4 Å². The molecule has 2 aromatic carbocycles. The predicted molar refractivity (Wildman–Crippen MR) is 110 cm³/mol. The number of para-hydroxylation sites is 1. The zero-order valence-corrected chi connectivity index (χ0v) is 16.9. The van der Waals surface area contributed by atoms with Crippen LogP contribution >= 0.6 is 23.2 Å². The second kappa shape index (κ2) is 9.62. The third kappa shape index (κ3) is 5.62. The molecule has 9 heteroatoms. The first-order valence-corrected chi connectivity index (χ1v) is 9.70. The van der Waals surface area contributed by atoms with E-state index in [0.717, 1.165) is 0 Å². The Hall–Kier alpha value is -2.77. The van der Waals surface area contributed by atoms with E-state index in [2.05, 4.69) is 5.32 Å². The molecule has 152 valence electrons. The van der Waals surface area contributed by atoms with Gasteiger partial charge in [0, 0.05) is 36.9 Å². The normalized spacial score (nSPS) is 13.7. The van der Waals surface area contributed by atoms with Gasteiger partial charge in [0.2, 0.25) is 0 Å². The van der Waals surface area contributed by atoms with Gasteiger partial charge in [0.15, 0.2) is 6.61 Å². The molecule has 0 radical (unpaired) electrons. The third-order valence-electron chi connectivity index (χ3n) is 4.42. The molecule has 7 nitrogen and oxygen atoms in total. The molecule has 29 heavy (non-hydrogen) atoms. The number of piperazine rings is 1. The van der Waals surface area contributed by atoms with Gasteiger partial charge >= 0.3 is 12.0 Å². The van der Waals surface area contributed by atoms with Crippen molar-refractivity contribution in [1.29, 1.82) is 0 Å². The molecule has 1 fully saturated rings. The largest absolute Gasteiger partial charge is 0.452 e. The summed E-state index contributed by atoms with van der Waals surface area (Å²) >= 11 is 11.8. The monoisotopic (exact) mass is 435 g/mol. The maximum atomic E-state index is 12.3. The maximum absolute atomic E-state index is 12.3. The number of esters is 1. The highest BCUT2D eigenvalue weighted by atomic mass is 35.5. The number of carbonyl (C=O) groups excluding carboxylic acids is 3. The molecule has 1 heterocycles. The molecule has 1 saturated heterocycles. The van der Waals surface area contributed by atoms with Gasteiger partial charge in [0.25, 0.3) is 5.91 Å². The van der Waals surface area contributed by atoms with Crippen LogP contribution in [-0.4, -0.2) is 60.5 Å². The second-order valence-corrected chi connectivity index (χ2v) is 7.21. The zero-order chi connectivity index (χ0) is 20.8. The summed E-state index contributed by atoms with van der Waals surface area (Å²) < 4.78 is 5.07. The van der Waals surface area contributed by atoms with E-state index in [1.165, 1.54) is 18.2 Å². The van der Waals surface area contributed by atoms with Crippen LogP contribution in [0.5, 0.6) is 0 Å². The number of nitrogens with zero attached hydrogens (tertiary/aromatic N) is 2. The van der Waals surface area contributed by atoms with Crippen LogP contribution in [-0.2, 0) is 9.53 Å². The Morgan fingerprint density at radius 2 is 1.59 bits per heavy atom. The first-order valence-electron chi connectivity index (χ1n) is 8.95. The average molecular weight is 436 g/mol. The summed E-state index contributed by atoms with van der Waals surface area (Å²) in [6, 6.07) is 13.3. The Labute approximate surface area is 178 Å². The second-order valence-electron chi connectivity index (χ2n) is 6.36. The quantitative estimate of drug-likeness (QED) is 0.744. The van der Waals surface area contributed by atoms with Gasteiger partial charge in [-0.05, 0) is 30.3 Å². The molecular weight excluding hydrogens is 417 g/mol. The number of carbonyl (C=O) groups is 3. The van der Waals surface area contributed by atoms with Gasteiger partial charge in [0.1, 0.15) is 0 Å². The molecular formula is C20H19Cl2N3O4. The van der Waals surface area contributed by atoms with E-state index in [-0.39, 0.29) is 22.5 Å². The van der Waals surface area contributed by atoms with Gasteiger partial charge in [-0.25, -0.2) is 9.59 Å². The van der Waals surface area contributed by atoms with Crippen LogP contribution in [0.2, 0.25) is 10.0 Å². The van der Waals surface area contributed by atoms with E-state index in [4.69, 9.17) is 27.9 Å². The molecule has 1 N–H and O–H groups in total. The van der Waals surface area contributed by atoms with E-state index < -0.39 is 12.6 Å². The van der Waals surface area contributed by atoms with E-state index in [0.29, 0.717) is 36.9 Å². The molecule has 0 unspecified atom stereocenters. The fraction of sp³-hybridized carbons (Fsp3) is 0.250. The van der Waals surface area contributed by atoms with Gasteiger partial charge < -0.3 is 19.9 Å². The van der Waals surface area contributed by atoms with Crippen molar-refractivity contribution >= 4 is 46.8 Å². The van der Waals surface area contributed by atoms with Crippen molar-refractivity contribution in [2.75, 3.05) is 38.1 Å². The van der Waals surface area contributed by atoms with Crippen LogP contribution < -0.4 is 5.32 Å². The summed E-state index contributed by atoms with van der Waals surface area (Å²) in [6.07, 6.45) is 0. The van der Waals surface area contributed by atoms with E-state index >= 15 is 0 Å². The van der Waals surface area contributed by atoms with Gasteiger partial charge in [-0.1, -0.05) is 41.4 Å². The summed E-state index contributed by atoms with van der Waals surface area (Å²) in [5.41, 5.74) is 0.857. The molecule has 1 aliphatic rings. The Bertz CT molecular complexity index is 900. The molecule has 1 aliphatic heterocycles. The highest BCUT2D eigenvalue weighted by Gasteiger charge is 2.25. The summed E-state index contributed by atoms with van der Waals surface area (Å²) in [5.74, 6) is -1.02. The number of halogens is 2. The lowest BCUT2D eigenvalue weighted by Crippen LogP contribution is -2.52. The fourth-order valence-electron chi connectivity index (χ4n) is 2.83. The van der Waals surface area contributed by atoms with Crippen molar-refractivity contribution in [3.63, 3.8) is 0 Å². The first-order chi connectivity index (χ1) is 13.9. The van der Waals surface area contributed by atoms with Crippen LogP contribution in [0, 0.1) is 0 Å². The number of urea groups is 1. The van der Waals surface area contributed by atoms with Crippen LogP contribution in [0.15, 0.2) is 48.5 Å². The third-order valence-corrected chi connectivity index (χ3v) is 4.97. The van der Waals surface area contributed by atoms with Gasteiger partial charge in [-0.2, -0.15) is 0 Å². The maximum Gasteiger partial charge on any atom is 0.340 e. The summed E-state index contributed by atoms with van der Waals surface area (Å²) in [5, 5.41) is 3.38. The van der Waals surface area contributed by atoms with Crippen molar-refractivity contribution in [2.45, 2.75) is 0 Å². The molecule has 0 aliphatic carbocycles. The SMILES string of the molecule is O=C(OCC(=O)N1CCN(C(=O)Nc2ccccc2)CC1)c1ccc(Cl)cc1Cl. The Kier molecular flexibility index (Phi) is 6.95. The number of rotatable bonds is 4. The number of benzene rings is 2. The Morgan fingerprint density at radius 3 is 2.24 bits per heavy atom. The highest BCUT2D eigenvalue weighted by molar-refractivity contribution is 6.36. The van der Waals surface area contributed by atoms with E-state index in [1.807, 2.05) is 18.2 Å². The van der Waals surface area contributed by atoms with Crippen LogP contribution in [0.4, 0.5) is 10.5 Å². The van der Waals surface area contributed by atoms with Crippen molar-refractivity contribution in [3.8, 4) is 0 Å². The minimum Gasteiger partial charge on any atom is -0.452 e. The molecule has 0 atom stereocenters. The van der Waals surface area contributed by atoms with Crippen molar-refractivity contribution in [2.24, 2.45) is 0 Å². The zero-order valence-electron chi connectivity index (χ0n) is 15.4. The lowest BCUT2D eigenvalue weighted by molar-refractivity contribution is -0.135. The predicted octanol–water partition coefficient (Wildman–Crippen LogP) is 3.53. The van der Waals surface area contributed by atoms with Gasteiger partial charge in [-0.15, -0.1) is 0 Å². The van der Waals surface area contributed by atoms with Gasteiger partial charge in [0.05, 0.1) is 10.6 Å². The van der Waals surface area contributed by atoms with Crippen molar-refractivity contribution < 1.29 is 19.1 Å². The number of anilines is 1. The minimum atomic E-state index is -0.694. The van der Waals surface area contributed by atoms with Crippen LogP contribution in [0.25, 0.3) is 0 Å². The summed E-state index contributed by atoms with van der Waals surface area (Å²) in [4.78, 5) is 39.9. The summed E-state index contributed by atoms with van der Waals surface area (Å²) in [7, 11) is 0.